The molecule has 1 aromatic rings. The zero-order valence-corrected chi connectivity index (χ0v) is 11.1. The molecule has 0 heterocycles. The van der Waals surface area contributed by atoms with Crippen molar-refractivity contribution >= 4 is 17.9 Å². The fourth-order valence-corrected chi connectivity index (χ4v) is 1.59. The lowest BCUT2D eigenvalue weighted by atomic mass is 10.2. The lowest BCUT2D eigenvalue weighted by Crippen LogP contribution is -2.48. The second-order valence-corrected chi connectivity index (χ2v) is 4.35. The van der Waals surface area contributed by atoms with E-state index in [-0.39, 0.29) is 0 Å². The van der Waals surface area contributed by atoms with Crippen LogP contribution in [0.5, 0.6) is 0 Å². The van der Waals surface area contributed by atoms with Crippen molar-refractivity contribution in [3.8, 4) is 0 Å². The van der Waals surface area contributed by atoms with E-state index in [2.05, 4.69) is 5.32 Å². The fourth-order valence-electron chi connectivity index (χ4n) is 1.59. The molecule has 1 rings (SSSR count). The van der Waals surface area contributed by atoms with Crippen LogP contribution < -0.4 is 11.1 Å². The Balaban J connectivity index is 2.59. The number of rotatable bonds is 6. The number of carbonyl (C=O) groups excluding carboxylic acids is 2. The van der Waals surface area contributed by atoms with Crippen molar-refractivity contribution < 1.29 is 19.5 Å². The van der Waals surface area contributed by atoms with Gasteiger partial charge in [0.05, 0.1) is 6.42 Å². The van der Waals surface area contributed by atoms with Crippen molar-refractivity contribution in [1.29, 1.82) is 0 Å². The number of amides is 3. The monoisotopic (exact) mass is 279 g/mol. The van der Waals surface area contributed by atoms with Crippen LogP contribution in [0.15, 0.2) is 30.3 Å². The number of carboxylic acids is 1. The molecule has 0 bridgehead atoms. The Labute approximate surface area is 116 Å². The molecule has 0 fully saturated rings. The zero-order valence-electron chi connectivity index (χ0n) is 11.1. The first-order valence-corrected chi connectivity index (χ1v) is 5.97. The minimum absolute atomic E-state index is 0.329. The van der Waals surface area contributed by atoms with E-state index in [0.717, 1.165) is 5.56 Å². The average molecular weight is 279 g/mol. The maximum atomic E-state index is 11.8. The van der Waals surface area contributed by atoms with Crippen molar-refractivity contribution in [3.63, 3.8) is 0 Å². The summed E-state index contributed by atoms with van der Waals surface area (Å²) in [6.07, 6.45) is -0.444. The van der Waals surface area contributed by atoms with Gasteiger partial charge >= 0.3 is 12.0 Å². The Morgan fingerprint density at radius 2 is 1.90 bits per heavy atom. The van der Waals surface area contributed by atoms with Crippen LogP contribution >= 0.6 is 0 Å². The first-order chi connectivity index (χ1) is 9.40. The van der Waals surface area contributed by atoms with E-state index in [1.807, 2.05) is 30.3 Å². The normalized spacial score (nSPS) is 11.4. The van der Waals surface area contributed by atoms with E-state index >= 15 is 0 Å². The van der Waals surface area contributed by atoms with Gasteiger partial charge in [0.15, 0.2) is 0 Å². The molecule has 0 saturated heterocycles. The van der Waals surface area contributed by atoms with Crippen molar-refractivity contribution in [2.24, 2.45) is 5.73 Å². The van der Waals surface area contributed by atoms with Crippen LogP contribution in [0, 0.1) is 0 Å². The number of nitrogens with two attached hydrogens (primary N) is 1. The number of nitrogens with zero attached hydrogens (tertiary/aromatic N) is 1. The standard InChI is InChI=1S/C13H17N3O4/c1-16(8-9-5-3-2-4-6-9)13(20)15-10(12(18)19)7-11(14)17/h2-6,10H,7-8H2,1H3,(H2,14,17)(H,15,20)(H,18,19)/t10-/m1/s1. The number of carboxylic acid groups (broad SMARTS) is 1. The SMILES string of the molecule is CN(Cc1ccccc1)C(=O)N[C@H](CC(N)=O)C(=O)O. The third-order valence-corrected chi connectivity index (χ3v) is 2.61. The summed E-state index contributed by atoms with van der Waals surface area (Å²) in [7, 11) is 1.53. The van der Waals surface area contributed by atoms with E-state index in [1.165, 1.54) is 11.9 Å². The molecule has 0 aliphatic rings. The third-order valence-electron chi connectivity index (χ3n) is 2.61. The molecule has 108 valence electrons. The first kappa shape index (κ1) is 15.5. The Hall–Kier alpha value is -2.57. The maximum absolute atomic E-state index is 11.8. The van der Waals surface area contributed by atoms with Gasteiger partial charge < -0.3 is 21.1 Å². The zero-order chi connectivity index (χ0) is 15.1. The minimum Gasteiger partial charge on any atom is -0.480 e. The first-order valence-electron chi connectivity index (χ1n) is 5.97. The van der Waals surface area contributed by atoms with E-state index < -0.39 is 30.4 Å². The van der Waals surface area contributed by atoms with Gasteiger partial charge in [0.1, 0.15) is 6.04 Å². The second kappa shape index (κ2) is 7.13. The number of urea groups is 1. The highest BCUT2D eigenvalue weighted by molar-refractivity contribution is 5.87. The summed E-state index contributed by atoms with van der Waals surface area (Å²) in [5.41, 5.74) is 5.85. The Morgan fingerprint density at radius 1 is 1.30 bits per heavy atom. The molecular weight excluding hydrogens is 262 g/mol. The Kier molecular flexibility index (Phi) is 5.52. The summed E-state index contributed by atoms with van der Waals surface area (Å²) >= 11 is 0. The summed E-state index contributed by atoms with van der Waals surface area (Å²) in [5, 5.41) is 11.2. The number of hydrogen-bond acceptors (Lipinski definition) is 3. The topological polar surface area (TPSA) is 113 Å². The van der Waals surface area contributed by atoms with Gasteiger partial charge in [-0.2, -0.15) is 0 Å². The van der Waals surface area contributed by atoms with Crippen LogP contribution in [-0.2, 0) is 16.1 Å². The molecular formula is C13H17N3O4. The van der Waals surface area contributed by atoms with Crippen molar-refractivity contribution in [1.82, 2.24) is 10.2 Å². The Morgan fingerprint density at radius 3 is 2.40 bits per heavy atom. The van der Waals surface area contributed by atoms with Crippen LogP contribution in [-0.4, -0.2) is 41.0 Å². The maximum Gasteiger partial charge on any atom is 0.326 e. The van der Waals surface area contributed by atoms with Crippen LogP contribution in [0.1, 0.15) is 12.0 Å². The summed E-state index contributed by atoms with van der Waals surface area (Å²) in [4.78, 5) is 34.8. The molecule has 0 spiro atoms. The van der Waals surface area contributed by atoms with Gasteiger partial charge in [0, 0.05) is 13.6 Å². The molecule has 0 aromatic heterocycles. The largest absolute Gasteiger partial charge is 0.480 e. The number of nitrogens with one attached hydrogen (secondary N) is 1. The highest BCUT2D eigenvalue weighted by Gasteiger charge is 2.23. The van der Waals surface area contributed by atoms with Gasteiger partial charge in [-0.15, -0.1) is 0 Å². The summed E-state index contributed by atoms with van der Waals surface area (Å²) in [6.45, 7) is 0.329. The van der Waals surface area contributed by atoms with Gasteiger partial charge in [-0.3, -0.25) is 4.79 Å². The molecule has 1 atom stereocenters. The highest BCUT2D eigenvalue weighted by atomic mass is 16.4. The predicted molar refractivity (Wildman–Crippen MR) is 71.7 cm³/mol. The lowest BCUT2D eigenvalue weighted by Gasteiger charge is -2.21. The van der Waals surface area contributed by atoms with Gasteiger partial charge in [-0.25, -0.2) is 9.59 Å². The molecule has 4 N–H and O–H groups in total. The number of aliphatic carboxylic acids is 1. The number of carbonyl (C=O) groups is 3. The van der Waals surface area contributed by atoms with E-state index in [4.69, 9.17) is 10.8 Å². The molecule has 0 saturated carbocycles. The molecule has 20 heavy (non-hydrogen) atoms. The van der Waals surface area contributed by atoms with E-state index in [1.54, 1.807) is 0 Å². The summed E-state index contributed by atoms with van der Waals surface area (Å²) in [5.74, 6) is -2.09. The molecule has 0 aliphatic heterocycles. The van der Waals surface area contributed by atoms with Gasteiger partial charge in [0.2, 0.25) is 5.91 Å². The molecule has 0 unspecified atom stereocenters. The molecule has 0 aliphatic carbocycles. The van der Waals surface area contributed by atoms with Crippen LogP contribution in [0.3, 0.4) is 0 Å². The second-order valence-electron chi connectivity index (χ2n) is 4.35. The molecule has 1 aromatic carbocycles. The summed E-state index contributed by atoms with van der Waals surface area (Å²) < 4.78 is 0. The third kappa shape index (κ3) is 4.97. The number of benzene rings is 1. The molecule has 7 nitrogen and oxygen atoms in total. The fraction of sp³-hybridized carbons (Fsp3) is 0.308. The van der Waals surface area contributed by atoms with Crippen LogP contribution in [0.4, 0.5) is 4.79 Å². The number of primary amides is 1. The summed E-state index contributed by atoms with van der Waals surface area (Å²) in [6, 6.07) is 7.34. The molecule has 7 heteroatoms. The molecule has 3 amide bonds. The quantitative estimate of drug-likeness (QED) is 0.688. The van der Waals surface area contributed by atoms with Gasteiger partial charge in [0.25, 0.3) is 0 Å². The number of hydrogen-bond donors (Lipinski definition) is 3. The minimum atomic E-state index is -1.32. The lowest BCUT2D eigenvalue weighted by molar-refractivity contribution is -0.140. The van der Waals surface area contributed by atoms with Crippen molar-refractivity contribution in [2.75, 3.05) is 7.05 Å². The highest BCUT2D eigenvalue weighted by Crippen LogP contribution is 2.03. The smallest absolute Gasteiger partial charge is 0.326 e. The average Bonchev–Trinajstić information content (AvgIpc) is 2.38. The Bertz CT molecular complexity index is 490. The van der Waals surface area contributed by atoms with Crippen molar-refractivity contribution in [2.45, 2.75) is 19.0 Å². The van der Waals surface area contributed by atoms with Crippen molar-refractivity contribution in [3.05, 3.63) is 35.9 Å². The van der Waals surface area contributed by atoms with E-state index in [9.17, 15) is 14.4 Å². The van der Waals surface area contributed by atoms with E-state index in [0.29, 0.717) is 6.54 Å². The van der Waals surface area contributed by atoms with Gasteiger partial charge in [-0.05, 0) is 5.56 Å². The predicted octanol–water partition coefficient (Wildman–Crippen LogP) is 0.157. The van der Waals surface area contributed by atoms with Crippen LogP contribution in [0.2, 0.25) is 0 Å². The molecule has 0 radical (unpaired) electrons. The van der Waals surface area contributed by atoms with Gasteiger partial charge in [-0.1, -0.05) is 30.3 Å². The van der Waals surface area contributed by atoms with Crippen LogP contribution in [0.25, 0.3) is 0 Å².